The minimum atomic E-state index is -0.0474. The maximum absolute atomic E-state index is 12.9. The molecule has 0 atom stereocenters. The van der Waals surface area contributed by atoms with Crippen LogP contribution in [0.4, 0.5) is 0 Å². The van der Waals surface area contributed by atoms with E-state index in [1.165, 1.54) is 16.0 Å². The van der Waals surface area contributed by atoms with Crippen molar-refractivity contribution in [2.45, 2.75) is 91.5 Å². The zero-order valence-corrected chi connectivity index (χ0v) is 24.8. The summed E-state index contributed by atoms with van der Waals surface area (Å²) in [6.45, 7) is 19.2. The Labute approximate surface area is 226 Å². The van der Waals surface area contributed by atoms with E-state index in [0.717, 1.165) is 53.6 Å². The van der Waals surface area contributed by atoms with E-state index in [9.17, 15) is 4.79 Å². The number of aromatic nitrogens is 3. The third-order valence-electron chi connectivity index (χ3n) is 7.32. The van der Waals surface area contributed by atoms with E-state index in [1.807, 2.05) is 29.5 Å². The van der Waals surface area contributed by atoms with Crippen molar-refractivity contribution in [1.29, 1.82) is 0 Å². The van der Waals surface area contributed by atoms with Crippen molar-refractivity contribution >= 4 is 17.2 Å². The van der Waals surface area contributed by atoms with Gasteiger partial charge in [-0.3, -0.25) is 9.48 Å². The highest BCUT2D eigenvalue weighted by Crippen LogP contribution is 2.44. The first-order valence-corrected chi connectivity index (χ1v) is 14.1. The average molecular weight is 523 g/mol. The van der Waals surface area contributed by atoms with Gasteiger partial charge < -0.3 is 9.64 Å². The van der Waals surface area contributed by atoms with E-state index < -0.39 is 0 Å². The first-order chi connectivity index (χ1) is 17.3. The number of likely N-dealkylation sites (tertiary alicyclic amines) is 1. The van der Waals surface area contributed by atoms with Crippen LogP contribution < -0.4 is 4.74 Å². The summed E-state index contributed by atoms with van der Waals surface area (Å²) in [4.78, 5) is 21.1. The fraction of sp³-hybridized carbons (Fsp3) is 0.567. The van der Waals surface area contributed by atoms with Crippen LogP contribution in [0.1, 0.15) is 87.7 Å². The lowest BCUT2D eigenvalue weighted by Gasteiger charge is -2.31. The molecule has 1 saturated heterocycles. The lowest BCUT2D eigenvalue weighted by Crippen LogP contribution is -2.39. The number of thiazole rings is 1. The molecule has 0 spiro atoms. The minimum absolute atomic E-state index is 0.0474. The van der Waals surface area contributed by atoms with Crippen molar-refractivity contribution in [3.63, 3.8) is 0 Å². The summed E-state index contributed by atoms with van der Waals surface area (Å²) in [5.74, 6) is 1.57. The second-order valence-corrected chi connectivity index (χ2v) is 13.5. The molecule has 1 aromatic carbocycles. The van der Waals surface area contributed by atoms with E-state index in [4.69, 9.17) is 9.72 Å². The Morgan fingerprint density at radius 1 is 1.03 bits per heavy atom. The zero-order chi connectivity index (χ0) is 27.1. The predicted molar refractivity (Wildman–Crippen MR) is 152 cm³/mol. The van der Waals surface area contributed by atoms with E-state index in [-0.39, 0.29) is 16.7 Å². The van der Waals surface area contributed by atoms with Gasteiger partial charge in [-0.05, 0) is 61.6 Å². The topological polar surface area (TPSA) is 60.2 Å². The molecule has 3 heterocycles. The smallest absolute Gasteiger partial charge is 0.244 e. The highest BCUT2D eigenvalue weighted by atomic mass is 32.1. The van der Waals surface area contributed by atoms with Crippen molar-refractivity contribution < 1.29 is 9.53 Å². The molecule has 37 heavy (non-hydrogen) atoms. The summed E-state index contributed by atoms with van der Waals surface area (Å²) in [5.41, 5.74) is 5.46. The Bertz CT molecular complexity index is 1230. The molecule has 1 aliphatic heterocycles. The van der Waals surface area contributed by atoms with Gasteiger partial charge in [0.25, 0.3) is 0 Å². The molecule has 1 fully saturated rings. The molecule has 0 aliphatic carbocycles. The van der Waals surface area contributed by atoms with Crippen molar-refractivity contribution in [2.24, 2.45) is 0 Å². The number of nitrogens with zero attached hydrogens (tertiary/aromatic N) is 4. The molecular formula is C30H42N4O2S. The predicted octanol–water partition coefficient (Wildman–Crippen LogP) is 6.63. The van der Waals surface area contributed by atoms with Gasteiger partial charge in [0.1, 0.15) is 17.3 Å². The molecule has 3 aromatic rings. The second kappa shape index (κ2) is 10.2. The molecule has 1 amide bonds. The molecule has 4 rings (SSSR count). The SMILES string of the molecule is COc1c(C(C)(C)C)cc(-c2ncc(C3CCN(C(=O)Cn4nc(C)cc4C)CC3)s2)cc1C(C)(C)C. The van der Waals surface area contributed by atoms with Gasteiger partial charge in [-0.1, -0.05) is 41.5 Å². The van der Waals surface area contributed by atoms with E-state index >= 15 is 0 Å². The van der Waals surface area contributed by atoms with E-state index in [2.05, 4.69) is 65.0 Å². The van der Waals surface area contributed by atoms with Crippen molar-refractivity contribution in [3.05, 3.63) is 51.8 Å². The second-order valence-electron chi connectivity index (χ2n) is 12.4. The number of hydrogen-bond donors (Lipinski definition) is 0. The van der Waals surface area contributed by atoms with Crippen LogP contribution in [0, 0.1) is 13.8 Å². The van der Waals surface area contributed by atoms with Crippen LogP contribution in [0.2, 0.25) is 0 Å². The number of carbonyl (C=O) groups is 1. The van der Waals surface area contributed by atoms with Gasteiger partial charge in [-0.25, -0.2) is 4.98 Å². The van der Waals surface area contributed by atoms with Crippen LogP contribution in [0.15, 0.2) is 24.4 Å². The Morgan fingerprint density at radius 3 is 2.11 bits per heavy atom. The molecular weight excluding hydrogens is 480 g/mol. The van der Waals surface area contributed by atoms with Gasteiger partial charge in [-0.2, -0.15) is 5.10 Å². The van der Waals surface area contributed by atoms with Crippen LogP contribution in [-0.2, 0) is 22.2 Å². The number of carbonyl (C=O) groups excluding carboxylic acids is 1. The molecule has 200 valence electrons. The summed E-state index contributed by atoms with van der Waals surface area (Å²) < 4.78 is 7.75. The normalized spacial score (nSPS) is 15.3. The van der Waals surface area contributed by atoms with Gasteiger partial charge in [0.05, 0.1) is 12.8 Å². The third kappa shape index (κ3) is 5.92. The Kier molecular flexibility index (Phi) is 7.57. The standard InChI is InChI=1S/C30H42N4O2S/c1-19-14-20(2)34(32-19)18-26(35)33-12-10-21(11-13-33)25-17-31-28(37-25)22-15-23(29(3,4)5)27(36-9)24(16-22)30(6,7)8/h14-17,21H,10-13,18H2,1-9H3. The molecule has 0 radical (unpaired) electrons. The van der Waals surface area contributed by atoms with Gasteiger partial charge in [0.15, 0.2) is 0 Å². The van der Waals surface area contributed by atoms with E-state index in [1.54, 1.807) is 18.4 Å². The fourth-order valence-corrected chi connectivity index (χ4v) is 6.24. The van der Waals surface area contributed by atoms with Crippen molar-refractivity contribution in [2.75, 3.05) is 20.2 Å². The lowest BCUT2D eigenvalue weighted by molar-refractivity contribution is -0.133. The number of amides is 1. The number of piperidine rings is 1. The van der Waals surface area contributed by atoms with Gasteiger partial charge in [-0.15, -0.1) is 11.3 Å². The first kappa shape index (κ1) is 27.4. The van der Waals surface area contributed by atoms with Crippen molar-refractivity contribution in [3.8, 4) is 16.3 Å². The van der Waals surface area contributed by atoms with Gasteiger partial charge in [0, 0.05) is 46.5 Å². The molecule has 0 unspecified atom stereocenters. The van der Waals surface area contributed by atoms with Crippen LogP contribution in [0.5, 0.6) is 5.75 Å². The van der Waals surface area contributed by atoms with Gasteiger partial charge in [0.2, 0.25) is 5.91 Å². The molecule has 1 aliphatic rings. The number of aryl methyl sites for hydroxylation is 2. The maximum Gasteiger partial charge on any atom is 0.244 e. The van der Waals surface area contributed by atoms with Crippen molar-refractivity contribution in [1.82, 2.24) is 19.7 Å². The number of rotatable bonds is 5. The molecule has 2 aromatic heterocycles. The molecule has 0 saturated carbocycles. The Balaban J connectivity index is 1.51. The lowest BCUT2D eigenvalue weighted by atomic mass is 9.78. The number of methoxy groups -OCH3 is 1. The minimum Gasteiger partial charge on any atom is -0.496 e. The van der Waals surface area contributed by atoms with E-state index in [0.29, 0.717) is 12.5 Å². The Hall–Kier alpha value is -2.67. The molecule has 6 nitrogen and oxygen atoms in total. The van der Waals surface area contributed by atoms with Crippen LogP contribution in [0.25, 0.3) is 10.6 Å². The van der Waals surface area contributed by atoms with Gasteiger partial charge >= 0.3 is 0 Å². The monoisotopic (exact) mass is 522 g/mol. The van der Waals surface area contributed by atoms with Crippen LogP contribution in [-0.4, -0.2) is 45.8 Å². The summed E-state index contributed by atoms with van der Waals surface area (Å²) in [5, 5.41) is 5.50. The summed E-state index contributed by atoms with van der Waals surface area (Å²) in [6, 6.07) is 6.53. The number of benzene rings is 1. The largest absolute Gasteiger partial charge is 0.496 e. The van der Waals surface area contributed by atoms with Crippen LogP contribution in [0.3, 0.4) is 0 Å². The summed E-state index contributed by atoms with van der Waals surface area (Å²) in [6.07, 6.45) is 3.98. The Morgan fingerprint density at radius 2 is 1.62 bits per heavy atom. The number of hydrogen-bond acceptors (Lipinski definition) is 5. The highest BCUT2D eigenvalue weighted by molar-refractivity contribution is 7.15. The maximum atomic E-state index is 12.9. The first-order valence-electron chi connectivity index (χ1n) is 13.3. The van der Waals surface area contributed by atoms with Crippen LogP contribution >= 0.6 is 11.3 Å². The molecule has 0 bridgehead atoms. The fourth-order valence-electron chi connectivity index (χ4n) is 5.17. The summed E-state index contributed by atoms with van der Waals surface area (Å²) in [7, 11) is 1.77. The summed E-state index contributed by atoms with van der Waals surface area (Å²) >= 11 is 1.79. The number of ether oxygens (including phenoxy) is 1. The molecule has 0 N–H and O–H groups in total. The zero-order valence-electron chi connectivity index (χ0n) is 23.9. The highest BCUT2D eigenvalue weighted by Gasteiger charge is 2.29. The third-order valence-corrected chi connectivity index (χ3v) is 8.53. The average Bonchev–Trinajstić information content (AvgIpc) is 3.43. The molecule has 7 heteroatoms. The quantitative estimate of drug-likeness (QED) is 0.377.